The molecular weight excluding hydrogens is 406 g/mol. The number of nitrogens with one attached hydrogen (secondary N) is 1. The number of carbonyl (C=O) groups excluding carboxylic acids is 1. The average Bonchev–Trinajstić information content (AvgIpc) is 3.13. The molecule has 142 valence electrons. The fourth-order valence-electron chi connectivity index (χ4n) is 3.64. The molecule has 1 saturated heterocycles. The zero-order valence-corrected chi connectivity index (χ0v) is 16.9. The van der Waals surface area contributed by atoms with Gasteiger partial charge in [0.05, 0.1) is 13.2 Å². The van der Waals surface area contributed by atoms with Gasteiger partial charge in [0.15, 0.2) is 0 Å². The van der Waals surface area contributed by atoms with E-state index < -0.39 is 0 Å². The highest BCUT2D eigenvalue weighted by molar-refractivity contribution is 9.10. The van der Waals surface area contributed by atoms with E-state index in [1.54, 1.807) is 0 Å². The Kier molecular flexibility index (Phi) is 5.76. The fraction of sp³-hybridized carbons (Fsp3) is 0.381. The van der Waals surface area contributed by atoms with Crippen LogP contribution in [0, 0.1) is 0 Å². The molecule has 1 amide bonds. The third kappa shape index (κ3) is 4.89. The first-order chi connectivity index (χ1) is 13.2. The van der Waals surface area contributed by atoms with E-state index >= 15 is 0 Å². The van der Waals surface area contributed by atoms with Gasteiger partial charge < -0.3 is 10.1 Å². The maximum absolute atomic E-state index is 12.3. The third-order valence-corrected chi connectivity index (χ3v) is 5.65. The monoisotopic (exact) mass is 429 g/mol. The van der Waals surface area contributed by atoms with Gasteiger partial charge in [0.1, 0.15) is 5.75 Å². The zero-order valence-electron chi connectivity index (χ0n) is 15.3. The summed E-state index contributed by atoms with van der Waals surface area (Å²) in [5.74, 6) is 1.09. The highest BCUT2D eigenvalue weighted by Crippen LogP contribution is 2.26. The van der Waals surface area contributed by atoms with Crippen LogP contribution < -0.4 is 10.1 Å². The maximum Gasteiger partial charge on any atom is 0.238 e. The highest BCUT2D eigenvalue weighted by Gasteiger charge is 2.20. The quantitative estimate of drug-likeness (QED) is 0.792. The van der Waals surface area contributed by atoms with Crippen molar-refractivity contribution in [2.45, 2.75) is 13.0 Å². The van der Waals surface area contributed by atoms with E-state index in [2.05, 4.69) is 49.2 Å². The van der Waals surface area contributed by atoms with Crippen LogP contribution in [0.25, 0.3) is 0 Å². The Labute approximate surface area is 168 Å². The lowest BCUT2D eigenvalue weighted by atomic mass is 10.1. The fourth-order valence-corrected chi connectivity index (χ4v) is 3.90. The summed E-state index contributed by atoms with van der Waals surface area (Å²) in [6.07, 6.45) is 1.02. The second-order valence-corrected chi connectivity index (χ2v) is 8.06. The number of hydrogen-bond donors (Lipinski definition) is 1. The van der Waals surface area contributed by atoms with Crippen molar-refractivity contribution in [3.05, 3.63) is 58.1 Å². The molecule has 0 radical (unpaired) electrons. The van der Waals surface area contributed by atoms with Gasteiger partial charge in [-0.15, -0.1) is 0 Å². The zero-order chi connectivity index (χ0) is 18.6. The molecule has 0 atom stereocenters. The average molecular weight is 430 g/mol. The number of anilines is 1. The van der Waals surface area contributed by atoms with Crippen LogP contribution in [-0.4, -0.2) is 55.0 Å². The second-order valence-electron chi connectivity index (χ2n) is 7.15. The SMILES string of the molecule is O=C(CN1CCN(Cc2ccc3c(c2)CCO3)CC1)Nc1ccc(Br)cc1. The lowest BCUT2D eigenvalue weighted by Gasteiger charge is -2.34. The molecule has 0 aliphatic carbocycles. The minimum Gasteiger partial charge on any atom is -0.493 e. The van der Waals surface area contributed by atoms with Crippen LogP contribution in [0.3, 0.4) is 0 Å². The number of fused-ring (bicyclic) bond motifs is 1. The summed E-state index contributed by atoms with van der Waals surface area (Å²) in [7, 11) is 0. The van der Waals surface area contributed by atoms with Crippen LogP contribution in [-0.2, 0) is 17.8 Å². The molecule has 4 rings (SSSR count). The van der Waals surface area contributed by atoms with Crippen LogP contribution >= 0.6 is 15.9 Å². The molecule has 5 nitrogen and oxygen atoms in total. The molecule has 2 aliphatic heterocycles. The van der Waals surface area contributed by atoms with Crippen molar-refractivity contribution in [3.63, 3.8) is 0 Å². The van der Waals surface area contributed by atoms with Crippen LogP contribution in [0.15, 0.2) is 46.9 Å². The van der Waals surface area contributed by atoms with Crippen LogP contribution in [0.1, 0.15) is 11.1 Å². The molecule has 2 aliphatic rings. The van der Waals surface area contributed by atoms with Gasteiger partial charge in [0.25, 0.3) is 0 Å². The number of ether oxygens (including phenoxy) is 1. The largest absolute Gasteiger partial charge is 0.493 e. The van der Waals surface area contributed by atoms with Crippen LogP contribution in [0.4, 0.5) is 5.69 Å². The highest BCUT2D eigenvalue weighted by atomic mass is 79.9. The summed E-state index contributed by atoms with van der Waals surface area (Å²) >= 11 is 3.40. The second kappa shape index (κ2) is 8.42. The summed E-state index contributed by atoms with van der Waals surface area (Å²) in [6.45, 7) is 6.02. The van der Waals surface area contributed by atoms with E-state index in [4.69, 9.17) is 4.74 Å². The number of amides is 1. The molecule has 0 bridgehead atoms. The molecule has 2 heterocycles. The third-order valence-electron chi connectivity index (χ3n) is 5.12. The minimum atomic E-state index is 0.0457. The van der Waals surface area contributed by atoms with Crippen molar-refractivity contribution in [3.8, 4) is 5.75 Å². The number of benzene rings is 2. The van der Waals surface area contributed by atoms with E-state index in [0.717, 1.165) is 61.7 Å². The van der Waals surface area contributed by atoms with Crippen molar-refractivity contribution in [1.82, 2.24) is 9.80 Å². The topological polar surface area (TPSA) is 44.8 Å². The lowest BCUT2D eigenvalue weighted by Crippen LogP contribution is -2.48. The van der Waals surface area contributed by atoms with E-state index in [-0.39, 0.29) is 5.91 Å². The number of halogens is 1. The van der Waals surface area contributed by atoms with E-state index in [9.17, 15) is 4.79 Å². The van der Waals surface area contributed by atoms with E-state index in [1.165, 1.54) is 11.1 Å². The Balaban J connectivity index is 1.23. The van der Waals surface area contributed by atoms with Gasteiger partial charge in [-0.1, -0.05) is 28.1 Å². The van der Waals surface area contributed by atoms with Gasteiger partial charge in [-0.3, -0.25) is 14.6 Å². The number of nitrogens with zero attached hydrogens (tertiary/aromatic N) is 2. The standard InChI is InChI=1S/C21H24BrN3O2/c22-18-2-4-19(5-3-18)23-21(26)15-25-10-8-24(9-11-25)14-16-1-6-20-17(13-16)7-12-27-20/h1-6,13H,7-12,14-15H2,(H,23,26). The van der Waals surface area contributed by atoms with Gasteiger partial charge in [-0.25, -0.2) is 0 Å². The number of piperazine rings is 1. The number of carbonyl (C=O) groups is 1. The van der Waals surface area contributed by atoms with E-state index in [0.29, 0.717) is 6.54 Å². The van der Waals surface area contributed by atoms with Gasteiger partial charge in [0, 0.05) is 49.3 Å². The molecule has 1 fully saturated rings. The Morgan fingerprint density at radius 1 is 1.04 bits per heavy atom. The van der Waals surface area contributed by atoms with Crippen LogP contribution in [0.2, 0.25) is 0 Å². The Morgan fingerprint density at radius 3 is 2.56 bits per heavy atom. The van der Waals surface area contributed by atoms with Crippen molar-refractivity contribution < 1.29 is 9.53 Å². The Bertz CT molecular complexity index is 802. The van der Waals surface area contributed by atoms with Gasteiger partial charge in [-0.2, -0.15) is 0 Å². The molecule has 0 unspecified atom stereocenters. The lowest BCUT2D eigenvalue weighted by molar-refractivity contribution is -0.117. The Morgan fingerprint density at radius 2 is 1.78 bits per heavy atom. The van der Waals surface area contributed by atoms with Gasteiger partial charge in [0.2, 0.25) is 5.91 Å². The molecule has 0 spiro atoms. The molecule has 2 aromatic carbocycles. The Hall–Kier alpha value is -1.89. The van der Waals surface area contributed by atoms with Crippen molar-refractivity contribution in [2.24, 2.45) is 0 Å². The first kappa shape index (κ1) is 18.5. The molecule has 0 saturated carbocycles. The predicted octanol–water partition coefficient (Wildman–Crippen LogP) is 3.14. The molecule has 2 aromatic rings. The van der Waals surface area contributed by atoms with Crippen molar-refractivity contribution >= 4 is 27.5 Å². The van der Waals surface area contributed by atoms with E-state index in [1.807, 2.05) is 24.3 Å². The number of hydrogen-bond acceptors (Lipinski definition) is 4. The minimum absolute atomic E-state index is 0.0457. The summed E-state index contributed by atoms with van der Waals surface area (Å²) in [6, 6.07) is 14.2. The normalized spacial score (nSPS) is 17.4. The first-order valence-corrected chi connectivity index (χ1v) is 10.2. The van der Waals surface area contributed by atoms with Gasteiger partial charge >= 0.3 is 0 Å². The molecule has 0 aromatic heterocycles. The number of rotatable bonds is 5. The first-order valence-electron chi connectivity index (χ1n) is 9.40. The summed E-state index contributed by atoms with van der Waals surface area (Å²) in [5.41, 5.74) is 3.51. The smallest absolute Gasteiger partial charge is 0.238 e. The summed E-state index contributed by atoms with van der Waals surface area (Å²) in [5, 5.41) is 2.96. The summed E-state index contributed by atoms with van der Waals surface area (Å²) < 4.78 is 6.59. The van der Waals surface area contributed by atoms with Crippen molar-refractivity contribution in [1.29, 1.82) is 0 Å². The molecule has 27 heavy (non-hydrogen) atoms. The molecule has 1 N–H and O–H groups in total. The molecular formula is C21H24BrN3O2. The predicted molar refractivity (Wildman–Crippen MR) is 110 cm³/mol. The van der Waals surface area contributed by atoms with Crippen LogP contribution in [0.5, 0.6) is 5.75 Å². The van der Waals surface area contributed by atoms with Crippen molar-refractivity contribution in [2.75, 3.05) is 44.6 Å². The maximum atomic E-state index is 12.3. The van der Waals surface area contributed by atoms with Gasteiger partial charge in [-0.05, 0) is 41.5 Å². The molecule has 6 heteroatoms. The summed E-state index contributed by atoms with van der Waals surface area (Å²) in [4.78, 5) is 16.9.